The lowest BCUT2D eigenvalue weighted by Crippen LogP contribution is -2.37. The summed E-state index contributed by atoms with van der Waals surface area (Å²) >= 11 is 5.88. The second-order valence-electron chi connectivity index (χ2n) is 4.48. The number of hydrogen-bond donors (Lipinski definition) is 2. The van der Waals surface area contributed by atoms with E-state index in [4.69, 9.17) is 11.6 Å². The van der Waals surface area contributed by atoms with Gasteiger partial charge in [-0.3, -0.25) is 20.3 Å². The SMILES string of the molecule is O=C(NNC1=CCCCC1)c1ccc([N+](=O)[O-])cc1Cl. The van der Waals surface area contributed by atoms with E-state index in [9.17, 15) is 14.9 Å². The molecule has 2 rings (SSSR count). The van der Waals surface area contributed by atoms with Crippen molar-refractivity contribution in [3.8, 4) is 0 Å². The summed E-state index contributed by atoms with van der Waals surface area (Å²) in [5.74, 6) is -0.420. The Morgan fingerprint density at radius 1 is 1.35 bits per heavy atom. The van der Waals surface area contributed by atoms with E-state index in [1.807, 2.05) is 6.08 Å². The summed E-state index contributed by atoms with van der Waals surface area (Å²) in [4.78, 5) is 22.0. The molecule has 2 N–H and O–H groups in total. The second-order valence-corrected chi connectivity index (χ2v) is 4.88. The number of halogens is 1. The highest BCUT2D eigenvalue weighted by atomic mass is 35.5. The average Bonchev–Trinajstić information content (AvgIpc) is 2.45. The van der Waals surface area contributed by atoms with Gasteiger partial charge < -0.3 is 5.43 Å². The van der Waals surface area contributed by atoms with E-state index in [-0.39, 0.29) is 16.3 Å². The summed E-state index contributed by atoms with van der Waals surface area (Å²) in [7, 11) is 0. The number of amides is 1. The van der Waals surface area contributed by atoms with E-state index in [1.165, 1.54) is 12.1 Å². The highest BCUT2D eigenvalue weighted by Crippen LogP contribution is 2.22. The Kier molecular flexibility index (Phi) is 4.57. The Balaban J connectivity index is 2.02. The topological polar surface area (TPSA) is 84.3 Å². The van der Waals surface area contributed by atoms with Gasteiger partial charge in [-0.2, -0.15) is 0 Å². The van der Waals surface area contributed by atoms with Crippen molar-refractivity contribution in [2.24, 2.45) is 0 Å². The van der Waals surface area contributed by atoms with Gasteiger partial charge in [0.2, 0.25) is 0 Å². The maximum Gasteiger partial charge on any atom is 0.271 e. The fourth-order valence-electron chi connectivity index (χ4n) is 1.96. The van der Waals surface area contributed by atoms with Gasteiger partial charge in [-0.15, -0.1) is 0 Å². The fraction of sp³-hybridized carbons (Fsp3) is 0.308. The minimum Gasteiger partial charge on any atom is -0.303 e. The summed E-state index contributed by atoms with van der Waals surface area (Å²) in [5.41, 5.74) is 6.43. The molecule has 0 spiro atoms. The van der Waals surface area contributed by atoms with Gasteiger partial charge in [0, 0.05) is 17.8 Å². The molecule has 20 heavy (non-hydrogen) atoms. The lowest BCUT2D eigenvalue weighted by Gasteiger charge is -2.15. The van der Waals surface area contributed by atoms with Crippen molar-refractivity contribution in [1.82, 2.24) is 10.9 Å². The van der Waals surface area contributed by atoms with Crippen LogP contribution in [0.4, 0.5) is 5.69 Å². The van der Waals surface area contributed by atoms with Crippen molar-refractivity contribution >= 4 is 23.2 Å². The molecule has 0 aromatic heterocycles. The first-order valence-corrected chi connectivity index (χ1v) is 6.65. The maximum atomic E-state index is 11.9. The van der Waals surface area contributed by atoms with Crippen LogP contribution in [0.2, 0.25) is 5.02 Å². The molecule has 0 radical (unpaired) electrons. The molecule has 0 saturated heterocycles. The van der Waals surface area contributed by atoms with Crippen LogP contribution < -0.4 is 10.9 Å². The number of carbonyl (C=O) groups is 1. The van der Waals surface area contributed by atoms with Crippen molar-refractivity contribution in [3.05, 3.63) is 50.7 Å². The van der Waals surface area contributed by atoms with E-state index in [1.54, 1.807) is 0 Å². The lowest BCUT2D eigenvalue weighted by atomic mass is 10.1. The van der Waals surface area contributed by atoms with E-state index in [2.05, 4.69) is 10.9 Å². The van der Waals surface area contributed by atoms with Crippen LogP contribution in [0.15, 0.2) is 30.0 Å². The Labute approximate surface area is 120 Å². The zero-order valence-electron chi connectivity index (χ0n) is 10.7. The first-order chi connectivity index (χ1) is 9.58. The van der Waals surface area contributed by atoms with Crippen LogP contribution in [-0.4, -0.2) is 10.8 Å². The number of hydrazine groups is 1. The monoisotopic (exact) mass is 295 g/mol. The molecule has 1 aromatic rings. The van der Waals surface area contributed by atoms with E-state index in [0.717, 1.165) is 37.4 Å². The van der Waals surface area contributed by atoms with Crippen molar-refractivity contribution in [1.29, 1.82) is 0 Å². The molecule has 0 heterocycles. The molecule has 0 bridgehead atoms. The van der Waals surface area contributed by atoms with Crippen LogP contribution in [0.5, 0.6) is 0 Å². The number of non-ortho nitro benzene ring substituents is 1. The predicted molar refractivity (Wildman–Crippen MR) is 75.3 cm³/mol. The number of nitro groups is 1. The minimum absolute atomic E-state index is 0.0520. The lowest BCUT2D eigenvalue weighted by molar-refractivity contribution is -0.384. The van der Waals surface area contributed by atoms with Crippen molar-refractivity contribution in [3.63, 3.8) is 0 Å². The molecule has 0 unspecified atom stereocenters. The van der Waals surface area contributed by atoms with Gasteiger partial charge in [0.25, 0.3) is 11.6 Å². The quantitative estimate of drug-likeness (QED) is 0.660. The molecule has 1 aliphatic rings. The largest absolute Gasteiger partial charge is 0.303 e. The Morgan fingerprint density at radius 3 is 2.75 bits per heavy atom. The van der Waals surface area contributed by atoms with Gasteiger partial charge in [-0.25, -0.2) is 0 Å². The van der Waals surface area contributed by atoms with E-state index < -0.39 is 10.8 Å². The third-order valence-electron chi connectivity index (χ3n) is 3.04. The number of carbonyl (C=O) groups excluding carboxylic acids is 1. The standard InChI is InChI=1S/C13H14ClN3O3/c14-12-8-10(17(19)20)6-7-11(12)13(18)16-15-9-4-2-1-3-5-9/h4,6-8,15H,1-3,5H2,(H,16,18). The molecule has 7 heteroatoms. The molecule has 1 aliphatic carbocycles. The van der Waals surface area contributed by atoms with Crippen LogP contribution in [0.25, 0.3) is 0 Å². The van der Waals surface area contributed by atoms with Crippen LogP contribution in [-0.2, 0) is 0 Å². The fourth-order valence-corrected chi connectivity index (χ4v) is 2.22. The molecule has 0 aliphatic heterocycles. The van der Waals surface area contributed by atoms with Crippen LogP contribution in [0, 0.1) is 10.1 Å². The van der Waals surface area contributed by atoms with E-state index >= 15 is 0 Å². The molecular weight excluding hydrogens is 282 g/mol. The molecular formula is C13H14ClN3O3. The first-order valence-electron chi connectivity index (χ1n) is 6.27. The maximum absolute atomic E-state index is 11.9. The van der Waals surface area contributed by atoms with E-state index in [0.29, 0.717) is 0 Å². The number of allylic oxidation sites excluding steroid dienone is 2. The van der Waals surface area contributed by atoms with Crippen LogP contribution in [0.3, 0.4) is 0 Å². The molecule has 6 nitrogen and oxygen atoms in total. The highest BCUT2D eigenvalue weighted by molar-refractivity contribution is 6.34. The average molecular weight is 296 g/mol. The summed E-state index contributed by atoms with van der Waals surface area (Å²) in [6.45, 7) is 0. The summed E-state index contributed by atoms with van der Waals surface area (Å²) < 4.78 is 0. The van der Waals surface area contributed by atoms with Gasteiger partial charge >= 0.3 is 0 Å². The highest BCUT2D eigenvalue weighted by Gasteiger charge is 2.15. The van der Waals surface area contributed by atoms with Crippen molar-refractivity contribution < 1.29 is 9.72 Å². The summed E-state index contributed by atoms with van der Waals surface area (Å²) in [6.07, 6.45) is 6.19. The van der Waals surface area contributed by atoms with Gasteiger partial charge in [-0.1, -0.05) is 17.7 Å². The first kappa shape index (κ1) is 14.3. The van der Waals surface area contributed by atoms with Gasteiger partial charge in [0.05, 0.1) is 15.5 Å². The normalized spacial score (nSPS) is 14.3. The second kappa shape index (κ2) is 6.38. The predicted octanol–water partition coefficient (Wildman–Crippen LogP) is 2.94. The molecule has 0 fully saturated rings. The number of rotatable bonds is 4. The third-order valence-corrected chi connectivity index (χ3v) is 3.35. The summed E-state index contributed by atoms with van der Waals surface area (Å²) in [6, 6.07) is 3.75. The number of nitro benzene ring substituents is 1. The van der Waals surface area contributed by atoms with Gasteiger partial charge in [0.1, 0.15) is 0 Å². The minimum atomic E-state index is -0.557. The number of hydrogen-bond acceptors (Lipinski definition) is 4. The molecule has 1 aromatic carbocycles. The number of benzene rings is 1. The smallest absolute Gasteiger partial charge is 0.271 e. The van der Waals surface area contributed by atoms with Crippen LogP contribution >= 0.6 is 11.6 Å². The Bertz CT molecular complexity index is 572. The van der Waals surface area contributed by atoms with Gasteiger partial charge in [-0.05, 0) is 31.7 Å². The van der Waals surface area contributed by atoms with Gasteiger partial charge in [0.15, 0.2) is 0 Å². The molecule has 0 saturated carbocycles. The number of nitrogens with one attached hydrogen (secondary N) is 2. The molecule has 0 atom stereocenters. The van der Waals surface area contributed by atoms with Crippen LogP contribution in [0.1, 0.15) is 36.0 Å². The van der Waals surface area contributed by atoms with Crippen molar-refractivity contribution in [2.45, 2.75) is 25.7 Å². The zero-order valence-corrected chi connectivity index (χ0v) is 11.4. The zero-order chi connectivity index (χ0) is 14.5. The number of nitrogens with zero attached hydrogens (tertiary/aromatic N) is 1. The third kappa shape index (κ3) is 3.48. The van der Waals surface area contributed by atoms with Crippen molar-refractivity contribution in [2.75, 3.05) is 0 Å². The Hall–Kier alpha value is -2.08. The Morgan fingerprint density at radius 2 is 2.15 bits per heavy atom. The summed E-state index contributed by atoms with van der Waals surface area (Å²) in [5, 5.41) is 10.6. The molecule has 106 valence electrons. The molecule has 1 amide bonds.